The third-order valence-corrected chi connectivity index (χ3v) is 3.89. The van der Waals surface area contributed by atoms with Gasteiger partial charge in [-0.05, 0) is 40.3 Å². The van der Waals surface area contributed by atoms with Crippen molar-refractivity contribution in [1.82, 2.24) is 14.9 Å². The minimum Gasteiger partial charge on any atom is -0.506 e. The topological polar surface area (TPSA) is 66.2 Å². The zero-order chi connectivity index (χ0) is 14.9. The van der Waals surface area contributed by atoms with Crippen LogP contribution in [0.3, 0.4) is 0 Å². The number of nitrogens with zero attached hydrogens (tertiary/aromatic N) is 3. The van der Waals surface area contributed by atoms with Gasteiger partial charge in [0.2, 0.25) is 4.77 Å². The zero-order valence-electron chi connectivity index (χ0n) is 10.8. The summed E-state index contributed by atoms with van der Waals surface area (Å²) in [6, 6.07) is 3.53. The highest BCUT2D eigenvalue weighted by Gasteiger charge is 2.10. The molecule has 0 saturated heterocycles. The summed E-state index contributed by atoms with van der Waals surface area (Å²) in [7, 11) is 0. The highest BCUT2D eigenvalue weighted by atomic mass is 79.9. The fourth-order valence-electron chi connectivity index (χ4n) is 1.59. The first-order chi connectivity index (χ1) is 9.40. The van der Waals surface area contributed by atoms with Crippen LogP contribution in [-0.4, -0.2) is 26.2 Å². The van der Waals surface area contributed by atoms with Crippen LogP contribution in [0.5, 0.6) is 5.75 Å². The largest absolute Gasteiger partial charge is 0.506 e. The molecular weight excluding hydrogens is 408 g/mol. The number of nitrogens with one attached hydrogen (secondary N) is 1. The van der Waals surface area contributed by atoms with E-state index in [1.54, 1.807) is 23.0 Å². The van der Waals surface area contributed by atoms with Crippen LogP contribution in [0.2, 0.25) is 0 Å². The normalized spacial score (nSPS) is 11.7. The second-order valence-electron chi connectivity index (χ2n) is 4.42. The smallest absolute Gasteiger partial charge is 0.216 e. The Hall–Kier alpha value is -0.990. The molecule has 1 aromatic carbocycles. The quantitative estimate of drug-likeness (QED) is 0.579. The van der Waals surface area contributed by atoms with E-state index in [1.165, 1.54) is 0 Å². The number of hydrogen-bond acceptors (Lipinski definition) is 4. The first kappa shape index (κ1) is 15.4. The molecule has 1 heterocycles. The van der Waals surface area contributed by atoms with Crippen molar-refractivity contribution in [2.24, 2.45) is 5.10 Å². The van der Waals surface area contributed by atoms with Gasteiger partial charge in [-0.15, -0.1) is 0 Å². The van der Waals surface area contributed by atoms with E-state index in [9.17, 15) is 5.11 Å². The standard InChI is InChI=1S/C12H12Br2N4OS/c1-6(2)11-16-17-12(20)18(11)15-5-7-3-8(13)4-9(14)10(7)19/h3-6,19H,1-2H3,(H,17,20)/b15-5+. The van der Waals surface area contributed by atoms with E-state index in [-0.39, 0.29) is 11.7 Å². The molecule has 106 valence electrons. The summed E-state index contributed by atoms with van der Waals surface area (Å²) in [6.07, 6.45) is 1.54. The summed E-state index contributed by atoms with van der Waals surface area (Å²) in [5.74, 6) is 1.04. The Balaban J connectivity index is 2.45. The maximum Gasteiger partial charge on any atom is 0.216 e. The van der Waals surface area contributed by atoms with Crippen molar-refractivity contribution in [3.63, 3.8) is 0 Å². The van der Waals surface area contributed by atoms with Gasteiger partial charge in [0.25, 0.3) is 0 Å². The summed E-state index contributed by atoms with van der Waals surface area (Å²) >= 11 is 11.8. The summed E-state index contributed by atoms with van der Waals surface area (Å²) < 4.78 is 3.39. The molecular formula is C12H12Br2N4OS. The number of rotatable bonds is 3. The molecule has 0 radical (unpaired) electrons. The molecule has 0 unspecified atom stereocenters. The highest BCUT2D eigenvalue weighted by Crippen LogP contribution is 2.30. The molecule has 0 fully saturated rings. The SMILES string of the molecule is CC(C)c1n[nH]c(=S)n1/N=C/c1cc(Br)cc(Br)c1O. The number of phenols is 1. The predicted octanol–water partition coefficient (Wildman–Crippen LogP) is 4.18. The lowest BCUT2D eigenvalue weighted by Gasteiger charge is -2.05. The van der Waals surface area contributed by atoms with Crippen molar-refractivity contribution in [2.75, 3.05) is 0 Å². The van der Waals surface area contributed by atoms with Gasteiger partial charge in [0.1, 0.15) is 5.75 Å². The second-order valence-corrected chi connectivity index (χ2v) is 6.58. The van der Waals surface area contributed by atoms with Crippen LogP contribution in [0.4, 0.5) is 0 Å². The van der Waals surface area contributed by atoms with Crippen molar-refractivity contribution < 1.29 is 5.11 Å². The second kappa shape index (κ2) is 6.19. The molecule has 5 nitrogen and oxygen atoms in total. The zero-order valence-corrected chi connectivity index (χ0v) is 14.8. The first-order valence-corrected chi connectivity index (χ1v) is 7.79. The summed E-state index contributed by atoms with van der Waals surface area (Å²) in [6.45, 7) is 4.01. The van der Waals surface area contributed by atoms with Crippen LogP contribution < -0.4 is 0 Å². The fraction of sp³-hybridized carbons (Fsp3) is 0.250. The summed E-state index contributed by atoms with van der Waals surface area (Å²) in [5.41, 5.74) is 0.573. The predicted molar refractivity (Wildman–Crippen MR) is 88.0 cm³/mol. The monoisotopic (exact) mass is 418 g/mol. The van der Waals surface area contributed by atoms with Gasteiger partial charge >= 0.3 is 0 Å². The number of phenolic OH excluding ortho intramolecular Hbond substituents is 1. The van der Waals surface area contributed by atoms with E-state index in [2.05, 4.69) is 47.2 Å². The summed E-state index contributed by atoms with van der Waals surface area (Å²) in [5, 5.41) is 21.1. The minimum atomic E-state index is 0.123. The van der Waals surface area contributed by atoms with Crippen molar-refractivity contribution >= 4 is 50.3 Å². The van der Waals surface area contributed by atoms with Crippen LogP contribution in [0.25, 0.3) is 0 Å². The number of aromatic hydroxyl groups is 1. The molecule has 0 amide bonds. The van der Waals surface area contributed by atoms with Gasteiger partial charge in [-0.3, -0.25) is 5.10 Å². The fourth-order valence-corrected chi connectivity index (χ4v) is 3.04. The Labute approximate surface area is 138 Å². The number of benzene rings is 1. The lowest BCUT2D eigenvalue weighted by Crippen LogP contribution is -2.01. The van der Waals surface area contributed by atoms with E-state index < -0.39 is 0 Å². The molecule has 0 aliphatic heterocycles. The Bertz CT molecular complexity index is 721. The van der Waals surface area contributed by atoms with Gasteiger partial charge in [-0.1, -0.05) is 29.8 Å². The minimum absolute atomic E-state index is 0.123. The van der Waals surface area contributed by atoms with Crippen LogP contribution in [0.15, 0.2) is 26.2 Å². The number of H-pyrrole nitrogens is 1. The average Bonchev–Trinajstić information content (AvgIpc) is 2.73. The number of aromatic nitrogens is 3. The third kappa shape index (κ3) is 3.18. The van der Waals surface area contributed by atoms with Crippen LogP contribution >= 0.6 is 44.1 Å². The summed E-state index contributed by atoms with van der Waals surface area (Å²) in [4.78, 5) is 0. The van der Waals surface area contributed by atoms with Gasteiger partial charge in [-0.25, -0.2) is 0 Å². The van der Waals surface area contributed by atoms with Crippen molar-refractivity contribution in [3.8, 4) is 5.75 Å². The van der Waals surface area contributed by atoms with E-state index in [4.69, 9.17) is 12.2 Å². The van der Waals surface area contributed by atoms with Gasteiger partial charge < -0.3 is 5.11 Å². The molecule has 1 aromatic heterocycles. The van der Waals surface area contributed by atoms with Crippen molar-refractivity contribution in [2.45, 2.75) is 19.8 Å². The molecule has 8 heteroatoms. The Morgan fingerprint density at radius 3 is 2.80 bits per heavy atom. The van der Waals surface area contributed by atoms with Crippen LogP contribution in [0, 0.1) is 4.77 Å². The third-order valence-electron chi connectivity index (χ3n) is 2.56. The number of halogens is 2. The lowest BCUT2D eigenvalue weighted by atomic mass is 10.2. The molecule has 2 aromatic rings. The maximum absolute atomic E-state index is 9.98. The molecule has 0 bridgehead atoms. The molecule has 0 saturated carbocycles. The molecule has 0 aliphatic rings. The van der Waals surface area contributed by atoms with E-state index in [0.29, 0.717) is 14.8 Å². The van der Waals surface area contributed by atoms with Gasteiger partial charge in [0, 0.05) is 16.0 Å². The highest BCUT2D eigenvalue weighted by molar-refractivity contribution is 9.11. The average molecular weight is 420 g/mol. The Kier molecular flexibility index (Phi) is 4.77. The molecule has 0 spiro atoms. The molecule has 0 aliphatic carbocycles. The maximum atomic E-state index is 9.98. The number of hydrogen-bond donors (Lipinski definition) is 2. The Morgan fingerprint density at radius 1 is 1.45 bits per heavy atom. The lowest BCUT2D eigenvalue weighted by molar-refractivity contribution is 0.471. The molecule has 2 N–H and O–H groups in total. The Morgan fingerprint density at radius 2 is 2.15 bits per heavy atom. The van der Waals surface area contributed by atoms with E-state index >= 15 is 0 Å². The van der Waals surface area contributed by atoms with E-state index in [0.717, 1.165) is 10.3 Å². The molecule has 0 atom stereocenters. The van der Waals surface area contributed by atoms with Crippen LogP contribution in [0.1, 0.15) is 31.2 Å². The van der Waals surface area contributed by atoms with Gasteiger partial charge in [-0.2, -0.15) is 14.9 Å². The molecule has 2 rings (SSSR count). The van der Waals surface area contributed by atoms with Gasteiger partial charge in [0.05, 0.1) is 10.7 Å². The van der Waals surface area contributed by atoms with E-state index in [1.807, 2.05) is 13.8 Å². The van der Waals surface area contributed by atoms with Gasteiger partial charge in [0.15, 0.2) is 5.82 Å². The van der Waals surface area contributed by atoms with Crippen LogP contribution in [-0.2, 0) is 0 Å². The number of aromatic amines is 1. The van der Waals surface area contributed by atoms with Crippen molar-refractivity contribution in [1.29, 1.82) is 0 Å². The molecule has 20 heavy (non-hydrogen) atoms. The first-order valence-electron chi connectivity index (χ1n) is 5.80. The van der Waals surface area contributed by atoms with Crippen molar-refractivity contribution in [3.05, 3.63) is 37.2 Å².